The van der Waals surface area contributed by atoms with Gasteiger partial charge in [-0.3, -0.25) is 19.3 Å². The fraction of sp³-hybridized carbons (Fsp3) is 0.115. The second kappa shape index (κ2) is 8.70. The van der Waals surface area contributed by atoms with Crippen LogP contribution in [0.4, 0.5) is 10.1 Å². The summed E-state index contributed by atoms with van der Waals surface area (Å²) >= 11 is 0. The summed E-state index contributed by atoms with van der Waals surface area (Å²) in [5.74, 6) is -4.11. The van der Waals surface area contributed by atoms with Crippen LogP contribution in [-0.4, -0.2) is 27.9 Å². The third-order valence-corrected chi connectivity index (χ3v) is 5.63. The predicted octanol–water partition coefficient (Wildman–Crippen LogP) is 4.39. The fourth-order valence-electron chi connectivity index (χ4n) is 4.03. The van der Waals surface area contributed by atoms with Gasteiger partial charge in [-0.2, -0.15) is 0 Å². The zero-order valence-electron chi connectivity index (χ0n) is 17.7. The zero-order valence-corrected chi connectivity index (χ0v) is 17.7. The van der Waals surface area contributed by atoms with Gasteiger partial charge in [-0.1, -0.05) is 48.5 Å². The number of aliphatic carboxylic acids is 1. The molecular formula is C26H20FNO5. The third-order valence-electron chi connectivity index (χ3n) is 5.63. The van der Waals surface area contributed by atoms with Crippen LogP contribution in [0.2, 0.25) is 0 Å². The second-order valence-electron chi connectivity index (χ2n) is 7.74. The SMILES string of the molecule is Cc1ccccc1C1/C(=C(/O)c2ccccc2F)C(=O)C(=O)N1c1ccc(CC(=O)O)cc1. The number of Topliss-reactive ketones (excluding diaryl/α,β-unsaturated/α-hetero) is 1. The van der Waals surface area contributed by atoms with Crippen molar-refractivity contribution in [2.45, 2.75) is 19.4 Å². The lowest BCUT2D eigenvalue weighted by Crippen LogP contribution is -2.29. The number of anilines is 1. The minimum atomic E-state index is -0.993. The monoisotopic (exact) mass is 445 g/mol. The third kappa shape index (κ3) is 4.01. The Morgan fingerprint density at radius 2 is 1.58 bits per heavy atom. The summed E-state index contributed by atoms with van der Waals surface area (Å²) in [6.07, 6.45) is -0.187. The molecule has 0 aliphatic carbocycles. The molecule has 0 aromatic heterocycles. The molecule has 0 bridgehead atoms. The van der Waals surface area contributed by atoms with Gasteiger partial charge in [-0.25, -0.2) is 4.39 Å². The smallest absolute Gasteiger partial charge is 0.307 e. The van der Waals surface area contributed by atoms with Crippen molar-refractivity contribution in [3.05, 3.63) is 106 Å². The van der Waals surface area contributed by atoms with E-state index in [2.05, 4.69) is 0 Å². The van der Waals surface area contributed by atoms with Crippen LogP contribution >= 0.6 is 0 Å². The highest BCUT2D eigenvalue weighted by Crippen LogP contribution is 2.43. The van der Waals surface area contributed by atoms with Gasteiger partial charge in [-0.15, -0.1) is 0 Å². The molecule has 1 amide bonds. The molecule has 1 fully saturated rings. The van der Waals surface area contributed by atoms with Crippen LogP contribution in [0.1, 0.15) is 28.3 Å². The Balaban J connectivity index is 1.92. The number of aliphatic hydroxyl groups excluding tert-OH is 1. The van der Waals surface area contributed by atoms with E-state index >= 15 is 0 Å². The van der Waals surface area contributed by atoms with Crippen molar-refractivity contribution in [1.29, 1.82) is 0 Å². The minimum absolute atomic E-state index is 0.175. The van der Waals surface area contributed by atoms with Crippen LogP contribution < -0.4 is 4.90 Å². The van der Waals surface area contributed by atoms with Crippen LogP contribution in [0, 0.1) is 12.7 Å². The first kappa shape index (κ1) is 22.0. The first-order valence-electron chi connectivity index (χ1n) is 10.2. The molecule has 7 heteroatoms. The Bertz CT molecular complexity index is 1300. The van der Waals surface area contributed by atoms with Gasteiger partial charge in [-0.05, 0) is 47.9 Å². The molecule has 1 saturated heterocycles. The van der Waals surface area contributed by atoms with Crippen molar-refractivity contribution in [3.8, 4) is 0 Å². The molecule has 166 valence electrons. The second-order valence-corrected chi connectivity index (χ2v) is 7.74. The van der Waals surface area contributed by atoms with Gasteiger partial charge in [0.25, 0.3) is 11.7 Å². The highest BCUT2D eigenvalue weighted by molar-refractivity contribution is 6.51. The van der Waals surface area contributed by atoms with E-state index in [9.17, 15) is 23.9 Å². The Morgan fingerprint density at radius 1 is 0.939 bits per heavy atom. The van der Waals surface area contributed by atoms with Gasteiger partial charge in [0.05, 0.1) is 23.6 Å². The van der Waals surface area contributed by atoms with Gasteiger partial charge in [0.15, 0.2) is 0 Å². The molecule has 3 aromatic rings. The first-order chi connectivity index (χ1) is 15.8. The number of carbonyl (C=O) groups is 3. The van der Waals surface area contributed by atoms with Crippen molar-refractivity contribution in [3.63, 3.8) is 0 Å². The molecule has 1 atom stereocenters. The molecule has 0 saturated carbocycles. The van der Waals surface area contributed by atoms with Crippen LogP contribution in [0.3, 0.4) is 0 Å². The number of halogens is 1. The van der Waals surface area contributed by atoms with Gasteiger partial charge in [0.1, 0.15) is 11.6 Å². The number of carboxylic acid groups (broad SMARTS) is 1. The van der Waals surface area contributed by atoms with Gasteiger partial charge in [0, 0.05) is 5.69 Å². The van der Waals surface area contributed by atoms with E-state index in [4.69, 9.17) is 5.11 Å². The topological polar surface area (TPSA) is 94.9 Å². The molecule has 33 heavy (non-hydrogen) atoms. The van der Waals surface area contributed by atoms with E-state index in [1.54, 1.807) is 36.4 Å². The van der Waals surface area contributed by atoms with Crippen molar-refractivity contribution >= 4 is 29.1 Å². The maximum absolute atomic E-state index is 14.4. The standard InChI is InChI=1S/C26H20FNO5/c1-15-6-2-3-7-18(15)23-22(24(31)19-8-4-5-9-20(19)27)25(32)26(33)28(23)17-12-10-16(11-13-17)14-21(29)30/h2-13,23,31H,14H2,1H3,(H,29,30)/b24-22-. The number of nitrogens with zero attached hydrogens (tertiary/aromatic N) is 1. The highest BCUT2D eigenvalue weighted by Gasteiger charge is 2.47. The molecule has 1 heterocycles. The van der Waals surface area contributed by atoms with E-state index in [0.29, 0.717) is 16.8 Å². The summed E-state index contributed by atoms with van der Waals surface area (Å²) in [4.78, 5) is 38.5. The number of aliphatic hydroxyl groups is 1. The number of amides is 1. The van der Waals surface area contributed by atoms with Crippen LogP contribution in [0.5, 0.6) is 0 Å². The summed E-state index contributed by atoms with van der Waals surface area (Å²) < 4.78 is 14.4. The van der Waals surface area contributed by atoms with Crippen LogP contribution in [0.25, 0.3) is 5.76 Å². The average molecular weight is 445 g/mol. The summed E-state index contributed by atoms with van der Waals surface area (Å²) in [6.45, 7) is 1.81. The molecule has 2 N–H and O–H groups in total. The quantitative estimate of drug-likeness (QED) is 0.345. The number of carboxylic acids is 1. The Morgan fingerprint density at radius 3 is 2.21 bits per heavy atom. The van der Waals surface area contributed by atoms with Crippen molar-refractivity contribution in [2.75, 3.05) is 4.90 Å². The molecule has 0 spiro atoms. The van der Waals surface area contributed by atoms with E-state index in [-0.39, 0.29) is 17.6 Å². The summed E-state index contributed by atoms with van der Waals surface area (Å²) in [5, 5.41) is 20.0. The van der Waals surface area contributed by atoms with Gasteiger partial charge in [0.2, 0.25) is 0 Å². The van der Waals surface area contributed by atoms with E-state index < -0.39 is 35.3 Å². The number of hydrogen-bond donors (Lipinski definition) is 2. The maximum Gasteiger partial charge on any atom is 0.307 e. The maximum atomic E-state index is 14.4. The number of carbonyl (C=O) groups excluding carboxylic acids is 2. The molecule has 1 aliphatic heterocycles. The van der Waals surface area contributed by atoms with E-state index in [0.717, 1.165) is 11.6 Å². The Labute approximate surface area is 189 Å². The largest absolute Gasteiger partial charge is 0.507 e. The molecule has 4 rings (SSSR count). The fourth-order valence-corrected chi connectivity index (χ4v) is 4.03. The summed E-state index contributed by atoms with van der Waals surface area (Å²) in [5.41, 5.74) is 1.87. The van der Waals surface area contributed by atoms with Crippen molar-refractivity contribution < 1.29 is 29.0 Å². The molecule has 1 unspecified atom stereocenters. The molecular weight excluding hydrogens is 425 g/mol. The average Bonchev–Trinajstić information content (AvgIpc) is 3.05. The minimum Gasteiger partial charge on any atom is -0.507 e. The van der Waals surface area contributed by atoms with Gasteiger partial charge < -0.3 is 10.2 Å². The molecule has 0 radical (unpaired) electrons. The van der Waals surface area contributed by atoms with E-state index in [1.807, 2.05) is 19.1 Å². The molecule has 1 aliphatic rings. The highest BCUT2D eigenvalue weighted by atomic mass is 19.1. The van der Waals surface area contributed by atoms with Gasteiger partial charge >= 0.3 is 5.97 Å². The Hall–Kier alpha value is -4.26. The first-order valence-corrected chi connectivity index (χ1v) is 10.2. The normalized spacial score (nSPS) is 17.4. The number of ketones is 1. The van der Waals surface area contributed by atoms with Crippen molar-refractivity contribution in [2.24, 2.45) is 0 Å². The van der Waals surface area contributed by atoms with Crippen LogP contribution in [0.15, 0.2) is 78.4 Å². The van der Waals surface area contributed by atoms with Crippen LogP contribution in [-0.2, 0) is 20.8 Å². The summed E-state index contributed by atoms with van der Waals surface area (Å²) in [6, 6.07) is 17.9. The molecule has 3 aromatic carbocycles. The number of rotatable bonds is 5. The lowest BCUT2D eigenvalue weighted by Gasteiger charge is -2.26. The zero-order chi connectivity index (χ0) is 23.7. The number of aryl methyl sites for hydroxylation is 1. The lowest BCUT2D eigenvalue weighted by atomic mass is 9.92. The number of hydrogen-bond acceptors (Lipinski definition) is 4. The summed E-state index contributed by atoms with van der Waals surface area (Å²) in [7, 11) is 0. The lowest BCUT2D eigenvalue weighted by molar-refractivity contribution is -0.136. The van der Waals surface area contributed by atoms with E-state index in [1.165, 1.54) is 23.1 Å². The van der Waals surface area contributed by atoms with Crippen molar-refractivity contribution in [1.82, 2.24) is 0 Å². The number of benzene rings is 3. The predicted molar refractivity (Wildman–Crippen MR) is 120 cm³/mol. The Kier molecular flexibility index (Phi) is 5.79. The molecule has 6 nitrogen and oxygen atoms in total.